The minimum absolute atomic E-state index is 0.637. The predicted octanol–water partition coefficient (Wildman–Crippen LogP) is 1.40. The second-order valence-electron chi connectivity index (χ2n) is 3.47. The molecule has 0 saturated heterocycles. The van der Waals surface area contributed by atoms with Crippen molar-refractivity contribution in [3.05, 3.63) is 43.0 Å². The summed E-state index contributed by atoms with van der Waals surface area (Å²) in [6, 6.07) is 5.65. The molecule has 3 aromatic heterocycles. The Kier molecular flexibility index (Phi) is 1.83. The number of fused-ring (bicyclic) bond motifs is 1. The van der Waals surface area contributed by atoms with Crippen molar-refractivity contribution in [2.45, 2.75) is 0 Å². The van der Waals surface area contributed by atoms with Gasteiger partial charge in [0.25, 0.3) is 0 Å². The van der Waals surface area contributed by atoms with Gasteiger partial charge in [-0.05, 0) is 18.2 Å². The van der Waals surface area contributed by atoms with Crippen molar-refractivity contribution in [1.29, 1.82) is 0 Å². The van der Waals surface area contributed by atoms with Crippen LogP contribution in [-0.4, -0.2) is 19.7 Å². The molecular weight excluding hydrogens is 202 g/mol. The third-order valence-electron chi connectivity index (χ3n) is 2.29. The van der Waals surface area contributed by atoms with Crippen LogP contribution in [0.1, 0.15) is 0 Å². The number of nitrogens with zero attached hydrogens (tertiary/aromatic N) is 4. The molecule has 0 radical (unpaired) electrons. The molecule has 2 N–H and O–H groups in total. The number of hydrogen-bond donors (Lipinski definition) is 1. The van der Waals surface area contributed by atoms with Crippen molar-refractivity contribution in [3.63, 3.8) is 0 Å². The molecule has 5 nitrogen and oxygen atoms in total. The Bertz CT molecular complexity index is 629. The summed E-state index contributed by atoms with van der Waals surface area (Å²) in [5.41, 5.74) is 7.88. The van der Waals surface area contributed by atoms with Crippen LogP contribution in [0.15, 0.2) is 43.0 Å². The van der Waals surface area contributed by atoms with Crippen LogP contribution in [0.2, 0.25) is 0 Å². The molecule has 0 aliphatic rings. The van der Waals surface area contributed by atoms with Gasteiger partial charge in [0.1, 0.15) is 0 Å². The second kappa shape index (κ2) is 3.30. The third-order valence-corrected chi connectivity index (χ3v) is 2.29. The highest BCUT2D eigenvalue weighted by Crippen LogP contribution is 2.15. The van der Waals surface area contributed by atoms with Gasteiger partial charge in [-0.15, -0.1) is 5.10 Å². The minimum atomic E-state index is 0.637. The average molecular weight is 211 g/mol. The standard InChI is InChI=1S/C11H9N5/c12-9-4-8-7-16(15-11(8)14-5-9)10-2-1-3-13-6-10/h1-7H,12H2. The smallest absolute Gasteiger partial charge is 0.181 e. The van der Waals surface area contributed by atoms with Gasteiger partial charge in [-0.2, -0.15) is 0 Å². The van der Waals surface area contributed by atoms with E-state index in [-0.39, 0.29) is 0 Å². The van der Waals surface area contributed by atoms with E-state index in [0.29, 0.717) is 11.3 Å². The summed E-state index contributed by atoms with van der Waals surface area (Å²) in [5.74, 6) is 0. The Morgan fingerprint density at radius 3 is 3.00 bits per heavy atom. The Morgan fingerprint density at radius 1 is 1.25 bits per heavy atom. The van der Waals surface area contributed by atoms with Crippen LogP contribution in [0.3, 0.4) is 0 Å². The summed E-state index contributed by atoms with van der Waals surface area (Å²) in [6.45, 7) is 0. The molecule has 0 bridgehead atoms. The Hall–Kier alpha value is -2.43. The highest BCUT2D eigenvalue weighted by Gasteiger charge is 2.03. The lowest BCUT2D eigenvalue weighted by molar-refractivity contribution is 0.883. The fourth-order valence-corrected chi connectivity index (χ4v) is 1.55. The number of hydrogen-bond acceptors (Lipinski definition) is 4. The maximum absolute atomic E-state index is 5.66. The largest absolute Gasteiger partial charge is 0.397 e. The maximum Gasteiger partial charge on any atom is 0.181 e. The lowest BCUT2D eigenvalue weighted by atomic mass is 10.3. The molecule has 5 heteroatoms. The summed E-state index contributed by atoms with van der Waals surface area (Å²) in [4.78, 5) is 8.19. The van der Waals surface area contributed by atoms with E-state index in [1.165, 1.54) is 0 Å². The molecule has 0 unspecified atom stereocenters. The first-order valence-corrected chi connectivity index (χ1v) is 4.84. The third kappa shape index (κ3) is 1.38. The highest BCUT2D eigenvalue weighted by molar-refractivity contribution is 5.77. The summed E-state index contributed by atoms with van der Waals surface area (Å²) in [5, 5.41) is 5.25. The number of pyridine rings is 2. The summed E-state index contributed by atoms with van der Waals surface area (Å²) in [6.07, 6.45) is 6.96. The Balaban J connectivity index is 2.19. The first-order chi connectivity index (χ1) is 7.83. The Labute approximate surface area is 91.6 Å². The molecule has 16 heavy (non-hydrogen) atoms. The number of anilines is 1. The van der Waals surface area contributed by atoms with Crippen molar-refractivity contribution in [3.8, 4) is 5.69 Å². The lowest BCUT2D eigenvalue weighted by Gasteiger charge is -1.97. The first kappa shape index (κ1) is 8.84. The number of nitrogens with two attached hydrogens (primary N) is 1. The zero-order valence-electron chi connectivity index (χ0n) is 8.41. The average Bonchev–Trinajstić information content (AvgIpc) is 2.73. The summed E-state index contributed by atoms with van der Waals surface area (Å²) in [7, 11) is 0. The van der Waals surface area contributed by atoms with E-state index in [9.17, 15) is 0 Å². The van der Waals surface area contributed by atoms with Crippen LogP contribution in [0, 0.1) is 0 Å². The van der Waals surface area contributed by atoms with Crippen LogP contribution in [0.25, 0.3) is 16.7 Å². The van der Waals surface area contributed by atoms with E-state index >= 15 is 0 Å². The van der Waals surface area contributed by atoms with Gasteiger partial charge in [-0.25, -0.2) is 9.67 Å². The first-order valence-electron chi connectivity index (χ1n) is 4.84. The molecule has 0 atom stereocenters. The van der Waals surface area contributed by atoms with Gasteiger partial charge in [0.15, 0.2) is 5.65 Å². The van der Waals surface area contributed by atoms with Crippen LogP contribution in [-0.2, 0) is 0 Å². The SMILES string of the molecule is Nc1cnc2nn(-c3cccnc3)cc2c1. The predicted molar refractivity (Wildman–Crippen MR) is 61.1 cm³/mol. The molecule has 3 heterocycles. The van der Waals surface area contributed by atoms with Gasteiger partial charge in [-0.1, -0.05) is 0 Å². The van der Waals surface area contributed by atoms with Crippen molar-refractivity contribution >= 4 is 16.7 Å². The molecule has 3 rings (SSSR count). The molecule has 78 valence electrons. The molecule has 0 aromatic carbocycles. The van der Waals surface area contributed by atoms with Crippen LogP contribution < -0.4 is 5.73 Å². The lowest BCUT2D eigenvalue weighted by Crippen LogP contribution is -1.94. The normalized spacial score (nSPS) is 10.8. The quantitative estimate of drug-likeness (QED) is 0.660. The van der Waals surface area contributed by atoms with Crippen molar-refractivity contribution < 1.29 is 0 Å². The molecule has 0 aliphatic heterocycles. The van der Waals surface area contributed by atoms with E-state index in [0.717, 1.165) is 11.1 Å². The molecule has 0 amide bonds. The fraction of sp³-hybridized carbons (Fsp3) is 0. The topological polar surface area (TPSA) is 69.6 Å². The van der Waals surface area contributed by atoms with E-state index in [1.807, 2.05) is 24.4 Å². The Morgan fingerprint density at radius 2 is 2.19 bits per heavy atom. The van der Waals surface area contributed by atoms with Crippen molar-refractivity contribution in [1.82, 2.24) is 19.7 Å². The van der Waals surface area contributed by atoms with Gasteiger partial charge in [-0.3, -0.25) is 4.98 Å². The summed E-state index contributed by atoms with van der Waals surface area (Å²) < 4.78 is 1.74. The molecule has 0 fully saturated rings. The zero-order chi connectivity index (χ0) is 11.0. The van der Waals surface area contributed by atoms with E-state index in [4.69, 9.17) is 5.73 Å². The van der Waals surface area contributed by atoms with Gasteiger partial charge >= 0.3 is 0 Å². The van der Waals surface area contributed by atoms with Gasteiger partial charge in [0, 0.05) is 17.8 Å². The number of aromatic nitrogens is 4. The van der Waals surface area contributed by atoms with Gasteiger partial charge in [0.2, 0.25) is 0 Å². The van der Waals surface area contributed by atoms with Crippen molar-refractivity contribution in [2.24, 2.45) is 0 Å². The van der Waals surface area contributed by atoms with Gasteiger partial charge < -0.3 is 5.73 Å². The molecule has 0 saturated carbocycles. The zero-order valence-corrected chi connectivity index (χ0v) is 8.41. The molecule has 0 spiro atoms. The van der Waals surface area contributed by atoms with Gasteiger partial charge in [0.05, 0.1) is 23.8 Å². The van der Waals surface area contributed by atoms with E-state index < -0.39 is 0 Å². The van der Waals surface area contributed by atoms with Crippen LogP contribution in [0.4, 0.5) is 5.69 Å². The molecule has 3 aromatic rings. The fourth-order valence-electron chi connectivity index (χ4n) is 1.55. The van der Waals surface area contributed by atoms with Crippen LogP contribution >= 0.6 is 0 Å². The second-order valence-corrected chi connectivity index (χ2v) is 3.47. The van der Waals surface area contributed by atoms with E-state index in [1.54, 1.807) is 23.3 Å². The molecule has 0 aliphatic carbocycles. The van der Waals surface area contributed by atoms with E-state index in [2.05, 4.69) is 15.1 Å². The number of nitrogen functional groups attached to an aromatic ring is 1. The maximum atomic E-state index is 5.66. The monoisotopic (exact) mass is 211 g/mol. The summed E-state index contributed by atoms with van der Waals surface area (Å²) >= 11 is 0. The van der Waals surface area contributed by atoms with Crippen LogP contribution in [0.5, 0.6) is 0 Å². The highest BCUT2D eigenvalue weighted by atomic mass is 15.3. The van der Waals surface area contributed by atoms with Crippen molar-refractivity contribution in [2.75, 3.05) is 5.73 Å². The minimum Gasteiger partial charge on any atom is -0.397 e. The molecular formula is C11H9N5. The number of rotatable bonds is 1.